The van der Waals surface area contributed by atoms with E-state index in [-0.39, 0.29) is 0 Å². The first kappa shape index (κ1) is 12.9. The van der Waals surface area contributed by atoms with Gasteiger partial charge in [-0.15, -0.1) is 0 Å². The fraction of sp³-hybridized carbons (Fsp3) is 0.750. The summed E-state index contributed by atoms with van der Waals surface area (Å²) < 4.78 is 0. The second kappa shape index (κ2) is 6.39. The lowest BCUT2D eigenvalue weighted by molar-refractivity contribution is 0.0756. The van der Waals surface area contributed by atoms with Crippen LogP contribution in [-0.2, 0) is 0 Å². The summed E-state index contributed by atoms with van der Waals surface area (Å²) in [4.78, 5) is 2.82. The Morgan fingerprint density at radius 2 is 2.18 bits per heavy atom. The molecule has 0 amide bonds. The van der Waals surface area contributed by atoms with Gasteiger partial charge in [0.15, 0.2) is 0 Å². The minimum Gasteiger partial charge on any atom is -0.297 e. The molecule has 2 aliphatic heterocycles. The van der Waals surface area contributed by atoms with Crippen molar-refractivity contribution in [3.8, 4) is 0 Å². The van der Waals surface area contributed by atoms with Gasteiger partial charge in [-0.3, -0.25) is 4.90 Å². The standard InChI is InChI=1S/C16H27N/c1-3-4-5-6-7-9-15-12-11-14(2)16-10-8-13-17(15)16/h3-5,14-16H,1,6-13H2,2H3/b5-4+/t14-,15-,16+/m0/s1. The van der Waals surface area contributed by atoms with E-state index in [0.717, 1.165) is 18.0 Å². The second-order valence-electron chi connectivity index (χ2n) is 5.75. The van der Waals surface area contributed by atoms with Crippen LogP contribution in [0, 0.1) is 5.92 Å². The van der Waals surface area contributed by atoms with Crippen LogP contribution in [0.25, 0.3) is 0 Å². The summed E-state index contributed by atoms with van der Waals surface area (Å²) in [7, 11) is 0. The van der Waals surface area contributed by atoms with Crippen molar-refractivity contribution in [2.24, 2.45) is 5.92 Å². The molecular formula is C16H27N. The summed E-state index contributed by atoms with van der Waals surface area (Å²) in [6, 6.07) is 1.80. The molecular weight excluding hydrogens is 206 g/mol. The molecule has 0 aromatic rings. The molecule has 0 spiro atoms. The fourth-order valence-corrected chi connectivity index (χ4v) is 3.67. The Hall–Kier alpha value is -0.560. The zero-order valence-corrected chi connectivity index (χ0v) is 11.3. The zero-order chi connectivity index (χ0) is 12.1. The molecule has 96 valence electrons. The number of piperidine rings is 1. The molecule has 0 saturated carbocycles. The summed E-state index contributed by atoms with van der Waals surface area (Å²) in [6.07, 6.45) is 15.9. The zero-order valence-electron chi connectivity index (χ0n) is 11.3. The molecule has 0 N–H and O–H groups in total. The van der Waals surface area contributed by atoms with Crippen molar-refractivity contribution in [1.82, 2.24) is 4.90 Å². The van der Waals surface area contributed by atoms with Crippen molar-refractivity contribution in [3.63, 3.8) is 0 Å². The van der Waals surface area contributed by atoms with E-state index in [0.29, 0.717) is 0 Å². The first-order valence-corrected chi connectivity index (χ1v) is 7.36. The molecule has 2 aliphatic rings. The Bertz CT molecular complexity index is 269. The second-order valence-corrected chi connectivity index (χ2v) is 5.75. The topological polar surface area (TPSA) is 3.24 Å². The molecule has 0 aliphatic carbocycles. The first-order chi connectivity index (χ1) is 8.33. The van der Waals surface area contributed by atoms with Crippen LogP contribution in [0.15, 0.2) is 24.8 Å². The number of nitrogens with zero attached hydrogens (tertiary/aromatic N) is 1. The minimum absolute atomic E-state index is 0.885. The third-order valence-electron chi connectivity index (χ3n) is 4.60. The Morgan fingerprint density at radius 3 is 3.00 bits per heavy atom. The third-order valence-corrected chi connectivity index (χ3v) is 4.60. The van der Waals surface area contributed by atoms with Crippen LogP contribution in [0.1, 0.15) is 51.9 Å². The van der Waals surface area contributed by atoms with Gasteiger partial charge in [0.25, 0.3) is 0 Å². The van der Waals surface area contributed by atoms with Gasteiger partial charge in [0.1, 0.15) is 0 Å². The number of allylic oxidation sites excluding steroid dienone is 3. The lowest BCUT2D eigenvalue weighted by atomic mass is 9.85. The van der Waals surface area contributed by atoms with E-state index >= 15 is 0 Å². The lowest BCUT2D eigenvalue weighted by Crippen LogP contribution is -2.46. The van der Waals surface area contributed by atoms with Crippen LogP contribution in [0.3, 0.4) is 0 Å². The van der Waals surface area contributed by atoms with Gasteiger partial charge in [0.2, 0.25) is 0 Å². The molecule has 0 aromatic carbocycles. The van der Waals surface area contributed by atoms with Crippen molar-refractivity contribution in [3.05, 3.63) is 24.8 Å². The van der Waals surface area contributed by atoms with Gasteiger partial charge in [-0.1, -0.05) is 31.7 Å². The Kier molecular flexibility index (Phi) is 4.85. The van der Waals surface area contributed by atoms with Crippen molar-refractivity contribution in [2.75, 3.05) is 6.54 Å². The molecule has 0 radical (unpaired) electrons. The molecule has 0 bridgehead atoms. The van der Waals surface area contributed by atoms with Crippen LogP contribution in [0.5, 0.6) is 0 Å². The molecule has 2 heterocycles. The molecule has 2 fully saturated rings. The van der Waals surface area contributed by atoms with Gasteiger partial charge in [-0.25, -0.2) is 0 Å². The maximum atomic E-state index is 3.70. The van der Waals surface area contributed by atoms with Gasteiger partial charge >= 0.3 is 0 Å². The van der Waals surface area contributed by atoms with Crippen LogP contribution in [-0.4, -0.2) is 23.5 Å². The number of rotatable bonds is 5. The van der Waals surface area contributed by atoms with Gasteiger partial charge in [0, 0.05) is 12.1 Å². The Morgan fingerprint density at radius 1 is 1.29 bits per heavy atom. The summed E-state index contributed by atoms with van der Waals surface area (Å²) in [5.74, 6) is 0.939. The highest BCUT2D eigenvalue weighted by atomic mass is 15.2. The van der Waals surface area contributed by atoms with E-state index in [2.05, 4.69) is 30.6 Å². The molecule has 17 heavy (non-hydrogen) atoms. The molecule has 1 nitrogen and oxygen atoms in total. The number of hydrogen-bond donors (Lipinski definition) is 0. The lowest BCUT2D eigenvalue weighted by Gasteiger charge is -2.41. The maximum absolute atomic E-state index is 3.70. The predicted molar refractivity (Wildman–Crippen MR) is 75.1 cm³/mol. The molecule has 2 rings (SSSR count). The average Bonchev–Trinajstić information content (AvgIpc) is 2.81. The summed E-state index contributed by atoms with van der Waals surface area (Å²) in [5, 5.41) is 0. The van der Waals surface area contributed by atoms with Crippen molar-refractivity contribution >= 4 is 0 Å². The van der Waals surface area contributed by atoms with E-state index in [9.17, 15) is 0 Å². The van der Waals surface area contributed by atoms with Gasteiger partial charge < -0.3 is 0 Å². The van der Waals surface area contributed by atoms with Gasteiger partial charge in [-0.05, 0) is 57.4 Å². The maximum Gasteiger partial charge on any atom is 0.0124 e. The first-order valence-electron chi connectivity index (χ1n) is 7.36. The highest BCUT2D eigenvalue weighted by Gasteiger charge is 2.37. The quantitative estimate of drug-likeness (QED) is 0.509. The summed E-state index contributed by atoms with van der Waals surface area (Å²) >= 11 is 0. The predicted octanol–water partition coefficient (Wildman–Crippen LogP) is 4.16. The SMILES string of the molecule is C=C/C=C/CCC[C@H]1CC[C@H](C)[C@H]2CCCN12. The van der Waals surface area contributed by atoms with Crippen LogP contribution < -0.4 is 0 Å². The molecule has 1 heteroatoms. The number of unbranched alkanes of at least 4 members (excludes halogenated alkanes) is 1. The van der Waals surface area contributed by atoms with Crippen molar-refractivity contribution in [1.29, 1.82) is 0 Å². The monoisotopic (exact) mass is 233 g/mol. The smallest absolute Gasteiger partial charge is 0.0124 e. The Balaban J connectivity index is 1.76. The van der Waals surface area contributed by atoms with E-state index in [1.807, 2.05) is 6.08 Å². The van der Waals surface area contributed by atoms with Gasteiger partial charge in [0.05, 0.1) is 0 Å². The highest BCUT2D eigenvalue weighted by Crippen LogP contribution is 2.36. The summed E-state index contributed by atoms with van der Waals surface area (Å²) in [5.41, 5.74) is 0. The average molecular weight is 233 g/mol. The van der Waals surface area contributed by atoms with E-state index in [1.54, 1.807) is 0 Å². The highest BCUT2D eigenvalue weighted by molar-refractivity contribution is 4.97. The normalized spacial score (nSPS) is 34.1. The number of hydrogen-bond acceptors (Lipinski definition) is 1. The van der Waals surface area contributed by atoms with Crippen molar-refractivity contribution in [2.45, 2.75) is 64.0 Å². The Labute approximate surface area is 107 Å². The molecule has 3 atom stereocenters. The van der Waals surface area contributed by atoms with E-state index in [1.165, 1.54) is 51.5 Å². The van der Waals surface area contributed by atoms with Crippen LogP contribution >= 0.6 is 0 Å². The fourth-order valence-electron chi connectivity index (χ4n) is 3.67. The molecule has 0 unspecified atom stereocenters. The third kappa shape index (κ3) is 3.22. The van der Waals surface area contributed by atoms with Crippen LogP contribution in [0.2, 0.25) is 0 Å². The largest absolute Gasteiger partial charge is 0.297 e. The molecule has 0 aromatic heterocycles. The molecule has 2 saturated heterocycles. The van der Waals surface area contributed by atoms with E-state index < -0.39 is 0 Å². The minimum atomic E-state index is 0.885. The van der Waals surface area contributed by atoms with E-state index in [4.69, 9.17) is 0 Å². The van der Waals surface area contributed by atoms with Crippen LogP contribution in [0.4, 0.5) is 0 Å². The summed E-state index contributed by atoms with van der Waals surface area (Å²) in [6.45, 7) is 7.52. The van der Waals surface area contributed by atoms with Gasteiger partial charge in [-0.2, -0.15) is 0 Å². The number of fused-ring (bicyclic) bond motifs is 1. The van der Waals surface area contributed by atoms with Crippen molar-refractivity contribution < 1.29 is 0 Å².